The van der Waals surface area contributed by atoms with Gasteiger partial charge in [0.05, 0.1) is 0 Å². The number of nitrogens with zero attached hydrogens (tertiary/aromatic N) is 2. The van der Waals surface area contributed by atoms with Crippen LogP contribution in [-0.2, 0) is 6.54 Å². The maximum absolute atomic E-state index is 12.3. The van der Waals surface area contributed by atoms with Crippen LogP contribution >= 0.6 is 0 Å². The highest BCUT2D eigenvalue weighted by molar-refractivity contribution is 5.74. The van der Waals surface area contributed by atoms with Crippen molar-refractivity contribution in [3.63, 3.8) is 0 Å². The second-order valence-electron chi connectivity index (χ2n) is 6.81. The number of hydrogen-bond acceptors (Lipinski definition) is 2. The lowest BCUT2D eigenvalue weighted by Crippen LogP contribution is -2.49. The summed E-state index contributed by atoms with van der Waals surface area (Å²) in [6.45, 7) is 4.91. The van der Waals surface area contributed by atoms with E-state index in [9.17, 15) is 4.79 Å². The van der Waals surface area contributed by atoms with Gasteiger partial charge in [0.25, 0.3) is 0 Å². The number of carbonyl (C=O) groups is 1. The molecular weight excluding hydrogens is 286 g/mol. The zero-order chi connectivity index (χ0) is 15.9. The molecule has 2 aliphatic heterocycles. The number of rotatable bonds is 3. The Balaban J connectivity index is 1.42. The molecule has 23 heavy (non-hydrogen) atoms. The maximum Gasteiger partial charge on any atom is 0.317 e. The maximum atomic E-state index is 12.3. The highest BCUT2D eigenvalue weighted by Gasteiger charge is 2.26. The molecule has 4 heteroatoms. The molecule has 2 aliphatic rings. The summed E-state index contributed by atoms with van der Waals surface area (Å²) in [5.41, 5.74) is 1.15. The summed E-state index contributed by atoms with van der Waals surface area (Å²) < 4.78 is 0. The first-order valence-corrected chi connectivity index (χ1v) is 9.14. The topological polar surface area (TPSA) is 35.6 Å². The number of carbonyl (C=O) groups excluding carboxylic acids is 1. The molecule has 2 saturated heterocycles. The number of urea groups is 1. The van der Waals surface area contributed by atoms with Gasteiger partial charge in [0.2, 0.25) is 0 Å². The van der Waals surface area contributed by atoms with Gasteiger partial charge in [-0.1, -0.05) is 43.2 Å². The Hall–Kier alpha value is -1.55. The minimum atomic E-state index is 0.0863. The molecule has 3 rings (SSSR count). The van der Waals surface area contributed by atoms with E-state index < -0.39 is 0 Å². The van der Waals surface area contributed by atoms with Crippen LogP contribution in [0.1, 0.15) is 44.1 Å². The largest absolute Gasteiger partial charge is 0.334 e. The van der Waals surface area contributed by atoms with Crippen molar-refractivity contribution in [1.29, 1.82) is 0 Å². The third-order valence-corrected chi connectivity index (χ3v) is 5.20. The summed E-state index contributed by atoms with van der Waals surface area (Å²) in [5.74, 6) is 0. The van der Waals surface area contributed by atoms with E-state index in [-0.39, 0.29) is 6.03 Å². The van der Waals surface area contributed by atoms with E-state index in [4.69, 9.17) is 0 Å². The van der Waals surface area contributed by atoms with Gasteiger partial charge in [-0.05, 0) is 44.3 Å². The van der Waals surface area contributed by atoms with Crippen molar-refractivity contribution >= 4 is 6.03 Å². The lowest BCUT2D eigenvalue weighted by molar-refractivity contribution is 0.119. The Morgan fingerprint density at radius 2 is 1.61 bits per heavy atom. The van der Waals surface area contributed by atoms with Gasteiger partial charge in [0.1, 0.15) is 0 Å². The average Bonchev–Trinajstić information content (AvgIpc) is 2.90. The highest BCUT2D eigenvalue weighted by atomic mass is 16.2. The zero-order valence-corrected chi connectivity index (χ0v) is 14.0. The van der Waals surface area contributed by atoms with Crippen molar-refractivity contribution in [3.8, 4) is 0 Å². The van der Waals surface area contributed by atoms with E-state index in [1.165, 1.54) is 38.8 Å². The van der Waals surface area contributed by atoms with Crippen LogP contribution in [-0.4, -0.2) is 48.1 Å². The van der Waals surface area contributed by atoms with Gasteiger partial charge < -0.3 is 15.1 Å². The van der Waals surface area contributed by atoms with Crippen LogP contribution in [0.2, 0.25) is 0 Å². The van der Waals surface area contributed by atoms with Gasteiger partial charge in [-0.15, -0.1) is 0 Å². The fraction of sp³-hybridized carbons (Fsp3) is 0.632. The van der Waals surface area contributed by atoms with Crippen molar-refractivity contribution in [2.75, 3.05) is 26.2 Å². The van der Waals surface area contributed by atoms with E-state index in [0.29, 0.717) is 12.6 Å². The minimum absolute atomic E-state index is 0.0863. The number of piperidine rings is 1. The van der Waals surface area contributed by atoms with E-state index in [0.717, 1.165) is 31.5 Å². The predicted molar refractivity (Wildman–Crippen MR) is 93.3 cm³/mol. The first-order chi connectivity index (χ1) is 11.3. The van der Waals surface area contributed by atoms with Crippen LogP contribution in [0.3, 0.4) is 0 Å². The third kappa shape index (κ3) is 4.71. The number of nitrogens with one attached hydrogen (secondary N) is 1. The molecule has 1 aromatic carbocycles. The van der Waals surface area contributed by atoms with Gasteiger partial charge in [-0.25, -0.2) is 4.79 Å². The fourth-order valence-corrected chi connectivity index (χ4v) is 3.78. The Kier molecular flexibility index (Phi) is 5.92. The zero-order valence-electron chi connectivity index (χ0n) is 14.0. The molecule has 0 unspecified atom stereocenters. The molecule has 0 saturated carbocycles. The molecule has 0 radical (unpaired) electrons. The Morgan fingerprint density at radius 1 is 0.957 bits per heavy atom. The molecular formula is C19H29N3O. The molecule has 0 spiro atoms. The smallest absolute Gasteiger partial charge is 0.317 e. The number of benzene rings is 1. The molecule has 4 nitrogen and oxygen atoms in total. The van der Waals surface area contributed by atoms with E-state index >= 15 is 0 Å². The van der Waals surface area contributed by atoms with Crippen molar-refractivity contribution in [2.24, 2.45) is 0 Å². The highest BCUT2D eigenvalue weighted by Crippen LogP contribution is 2.20. The molecule has 126 valence electrons. The van der Waals surface area contributed by atoms with E-state index in [1.54, 1.807) is 0 Å². The lowest BCUT2D eigenvalue weighted by atomic mass is 10.0. The monoisotopic (exact) mass is 315 g/mol. The van der Waals surface area contributed by atoms with Gasteiger partial charge in [0, 0.05) is 25.7 Å². The van der Waals surface area contributed by atoms with Gasteiger partial charge in [-0.3, -0.25) is 0 Å². The predicted octanol–water partition coefficient (Wildman–Crippen LogP) is 3.24. The molecule has 2 fully saturated rings. The van der Waals surface area contributed by atoms with Crippen LogP contribution < -0.4 is 5.32 Å². The Bertz CT molecular complexity index is 475. The molecule has 0 aliphatic carbocycles. The molecule has 2 amide bonds. The van der Waals surface area contributed by atoms with Crippen molar-refractivity contribution in [1.82, 2.24) is 15.1 Å². The first-order valence-electron chi connectivity index (χ1n) is 9.14. The van der Waals surface area contributed by atoms with Gasteiger partial charge >= 0.3 is 6.03 Å². The Morgan fingerprint density at radius 3 is 2.26 bits per heavy atom. The lowest BCUT2D eigenvalue weighted by Gasteiger charge is -2.38. The summed E-state index contributed by atoms with van der Waals surface area (Å²) >= 11 is 0. The summed E-state index contributed by atoms with van der Waals surface area (Å²) in [4.78, 5) is 17.0. The summed E-state index contributed by atoms with van der Waals surface area (Å²) in [6, 6.07) is 10.9. The van der Waals surface area contributed by atoms with Crippen LogP contribution in [0.5, 0.6) is 0 Å². The number of amides is 2. The number of likely N-dealkylation sites (tertiary alicyclic amines) is 2. The standard InChI is InChI=1S/C19H29N3O/c23-19(20-16-17-8-4-3-5-9-17)22-14-10-18(11-15-22)21-12-6-1-2-7-13-21/h3-5,8-9,18H,1-2,6-7,10-16H2,(H,20,23). The fourth-order valence-electron chi connectivity index (χ4n) is 3.78. The molecule has 0 atom stereocenters. The van der Waals surface area contributed by atoms with Crippen LogP contribution in [0.4, 0.5) is 4.79 Å². The molecule has 1 N–H and O–H groups in total. The summed E-state index contributed by atoms with van der Waals surface area (Å²) in [5, 5.41) is 3.05. The van der Waals surface area contributed by atoms with E-state index in [2.05, 4.69) is 10.2 Å². The molecule has 1 aromatic rings. The second-order valence-corrected chi connectivity index (χ2v) is 6.81. The Labute approximate surface area is 139 Å². The third-order valence-electron chi connectivity index (χ3n) is 5.20. The average molecular weight is 315 g/mol. The van der Waals surface area contributed by atoms with Crippen molar-refractivity contribution in [3.05, 3.63) is 35.9 Å². The van der Waals surface area contributed by atoms with Crippen LogP contribution in [0.25, 0.3) is 0 Å². The van der Waals surface area contributed by atoms with Gasteiger partial charge in [0.15, 0.2) is 0 Å². The van der Waals surface area contributed by atoms with Gasteiger partial charge in [-0.2, -0.15) is 0 Å². The van der Waals surface area contributed by atoms with Crippen molar-refractivity contribution in [2.45, 2.75) is 51.1 Å². The summed E-state index contributed by atoms with van der Waals surface area (Å²) in [6.07, 6.45) is 7.71. The SMILES string of the molecule is O=C(NCc1ccccc1)N1CCC(N2CCCCCC2)CC1. The quantitative estimate of drug-likeness (QED) is 0.929. The van der Waals surface area contributed by atoms with Crippen molar-refractivity contribution < 1.29 is 4.79 Å². The minimum Gasteiger partial charge on any atom is -0.334 e. The van der Waals surface area contributed by atoms with Crippen LogP contribution in [0.15, 0.2) is 30.3 Å². The molecule has 2 heterocycles. The van der Waals surface area contributed by atoms with Crippen LogP contribution in [0, 0.1) is 0 Å². The van der Waals surface area contributed by atoms with E-state index in [1.807, 2.05) is 35.2 Å². The first kappa shape index (κ1) is 16.3. The normalized spacial score (nSPS) is 21.0. The summed E-state index contributed by atoms with van der Waals surface area (Å²) in [7, 11) is 0. The molecule has 0 bridgehead atoms. The molecule has 0 aromatic heterocycles. The number of hydrogen-bond donors (Lipinski definition) is 1. The second kappa shape index (κ2) is 8.34.